The minimum atomic E-state index is -0.336. The molecule has 0 aromatic carbocycles. The number of aliphatic hydroxyl groups is 1. The van der Waals surface area contributed by atoms with Gasteiger partial charge in [-0.3, -0.25) is 0 Å². The lowest BCUT2D eigenvalue weighted by Crippen LogP contribution is -2.30. The maximum absolute atomic E-state index is 11.3. The number of hydrogen-bond acceptors (Lipinski definition) is 4. The minimum Gasteiger partial charge on any atom is -0.447 e. The van der Waals surface area contributed by atoms with E-state index in [0.29, 0.717) is 19.1 Å². The lowest BCUT2D eigenvalue weighted by molar-refractivity contribution is 0.0872. The smallest absolute Gasteiger partial charge is 0.409 e. The number of carbonyl (C=O) groups excluding carboxylic acids is 1. The molecule has 1 atom stereocenters. The molecule has 0 aromatic heterocycles. The van der Waals surface area contributed by atoms with Crippen LogP contribution in [0.25, 0.3) is 0 Å². The Morgan fingerprint density at radius 2 is 2.43 bits per heavy atom. The summed E-state index contributed by atoms with van der Waals surface area (Å²) in [5.41, 5.74) is 0. The Morgan fingerprint density at radius 1 is 1.64 bits per heavy atom. The van der Waals surface area contributed by atoms with Crippen molar-refractivity contribution in [1.82, 2.24) is 4.90 Å². The van der Waals surface area contributed by atoms with E-state index in [1.54, 1.807) is 12.0 Å². The highest BCUT2D eigenvalue weighted by Crippen LogP contribution is 2.16. The van der Waals surface area contributed by atoms with Crippen molar-refractivity contribution in [1.29, 1.82) is 0 Å². The van der Waals surface area contributed by atoms with Gasteiger partial charge in [0.1, 0.15) is 6.61 Å². The molecule has 1 amide bonds. The first kappa shape index (κ1) is 11.3. The standard InChI is InChI=1S/C9H17NO4/c1-13-7-8-2-3-10(6-8)9(12)14-5-4-11/h8,11H,2-7H2,1H3. The molecule has 1 N–H and O–H groups in total. The summed E-state index contributed by atoms with van der Waals surface area (Å²) in [6.07, 6.45) is 0.625. The molecule has 0 bridgehead atoms. The second kappa shape index (κ2) is 5.82. The van der Waals surface area contributed by atoms with E-state index in [9.17, 15) is 4.79 Å². The Balaban J connectivity index is 2.23. The number of nitrogens with zero attached hydrogens (tertiary/aromatic N) is 1. The van der Waals surface area contributed by atoms with Crippen molar-refractivity contribution in [3.63, 3.8) is 0 Å². The van der Waals surface area contributed by atoms with Gasteiger partial charge in [0.15, 0.2) is 0 Å². The predicted octanol–water partition coefficient (Wildman–Crippen LogP) is 0.0836. The third kappa shape index (κ3) is 3.16. The number of amides is 1. The molecule has 1 aliphatic heterocycles. The highest BCUT2D eigenvalue weighted by atomic mass is 16.6. The summed E-state index contributed by atoms with van der Waals surface area (Å²) in [4.78, 5) is 13.0. The molecule has 14 heavy (non-hydrogen) atoms. The third-order valence-corrected chi connectivity index (χ3v) is 2.26. The van der Waals surface area contributed by atoms with Crippen molar-refractivity contribution in [2.24, 2.45) is 5.92 Å². The summed E-state index contributed by atoms with van der Waals surface area (Å²) in [7, 11) is 1.66. The maximum atomic E-state index is 11.3. The third-order valence-electron chi connectivity index (χ3n) is 2.26. The second-order valence-corrected chi connectivity index (χ2v) is 3.39. The van der Waals surface area contributed by atoms with Gasteiger partial charge in [0, 0.05) is 26.1 Å². The van der Waals surface area contributed by atoms with Crippen LogP contribution in [0.4, 0.5) is 4.79 Å². The molecule has 1 aliphatic rings. The fourth-order valence-electron chi connectivity index (χ4n) is 1.59. The summed E-state index contributed by atoms with van der Waals surface area (Å²) >= 11 is 0. The van der Waals surface area contributed by atoms with Crippen molar-refractivity contribution in [2.75, 3.05) is 40.0 Å². The van der Waals surface area contributed by atoms with E-state index < -0.39 is 0 Å². The molecule has 0 radical (unpaired) electrons. The molecule has 0 saturated carbocycles. The van der Waals surface area contributed by atoms with E-state index in [0.717, 1.165) is 13.0 Å². The Kier molecular flexibility index (Phi) is 4.69. The Labute approximate surface area is 83.6 Å². The lowest BCUT2D eigenvalue weighted by atomic mass is 10.1. The van der Waals surface area contributed by atoms with Gasteiger partial charge in [-0.2, -0.15) is 0 Å². The first-order valence-corrected chi connectivity index (χ1v) is 4.79. The van der Waals surface area contributed by atoms with Crippen LogP contribution in [0.3, 0.4) is 0 Å². The van der Waals surface area contributed by atoms with Gasteiger partial charge < -0.3 is 19.5 Å². The number of hydrogen-bond donors (Lipinski definition) is 1. The first-order chi connectivity index (χ1) is 6.77. The second-order valence-electron chi connectivity index (χ2n) is 3.39. The Bertz CT molecular complexity index is 186. The molecule has 0 spiro atoms. The SMILES string of the molecule is COCC1CCN(C(=O)OCCO)C1. The highest BCUT2D eigenvalue weighted by Gasteiger charge is 2.26. The van der Waals surface area contributed by atoms with Crippen molar-refractivity contribution in [3.8, 4) is 0 Å². The predicted molar refractivity (Wildman–Crippen MR) is 50.0 cm³/mol. The van der Waals surface area contributed by atoms with Crippen LogP contribution in [0.5, 0.6) is 0 Å². The number of aliphatic hydroxyl groups excluding tert-OH is 1. The largest absolute Gasteiger partial charge is 0.447 e. The summed E-state index contributed by atoms with van der Waals surface area (Å²) in [6.45, 7) is 2.05. The van der Waals surface area contributed by atoms with Gasteiger partial charge in [-0.05, 0) is 6.42 Å². The van der Waals surface area contributed by atoms with E-state index in [1.807, 2.05) is 0 Å². The molecule has 5 nitrogen and oxygen atoms in total. The van der Waals surface area contributed by atoms with Crippen LogP contribution >= 0.6 is 0 Å². The van der Waals surface area contributed by atoms with E-state index in [2.05, 4.69) is 0 Å². The monoisotopic (exact) mass is 203 g/mol. The molecular formula is C9H17NO4. The summed E-state index contributed by atoms with van der Waals surface area (Å²) in [6, 6.07) is 0. The summed E-state index contributed by atoms with van der Waals surface area (Å²) in [5.74, 6) is 0.418. The van der Waals surface area contributed by atoms with Crippen LogP contribution in [0.15, 0.2) is 0 Å². The zero-order valence-electron chi connectivity index (χ0n) is 8.44. The average Bonchev–Trinajstić information content (AvgIpc) is 2.63. The van der Waals surface area contributed by atoms with Crippen LogP contribution in [-0.4, -0.2) is 56.1 Å². The van der Waals surface area contributed by atoms with Gasteiger partial charge in [-0.15, -0.1) is 0 Å². The topological polar surface area (TPSA) is 59.0 Å². The number of ether oxygens (including phenoxy) is 2. The number of likely N-dealkylation sites (tertiary alicyclic amines) is 1. The van der Waals surface area contributed by atoms with E-state index >= 15 is 0 Å². The van der Waals surface area contributed by atoms with Gasteiger partial charge in [0.2, 0.25) is 0 Å². The van der Waals surface area contributed by atoms with Crippen molar-refractivity contribution >= 4 is 6.09 Å². The number of rotatable bonds is 4. The van der Waals surface area contributed by atoms with E-state index in [4.69, 9.17) is 14.6 Å². The molecule has 1 fully saturated rings. The molecule has 0 aliphatic carbocycles. The molecular weight excluding hydrogens is 186 g/mol. The molecule has 1 rings (SSSR count). The number of carbonyl (C=O) groups is 1. The fraction of sp³-hybridized carbons (Fsp3) is 0.889. The average molecular weight is 203 g/mol. The minimum absolute atomic E-state index is 0.0737. The molecule has 1 saturated heterocycles. The normalized spacial score (nSPS) is 21.3. The lowest BCUT2D eigenvalue weighted by Gasteiger charge is -2.15. The first-order valence-electron chi connectivity index (χ1n) is 4.79. The molecule has 1 heterocycles. The fourth-order valence-corrected chi connectivity index (χ4v) is 1.59. The zero-order valence-corrected chi connectivity index (χ0v) is 8.44. The Morgan fingerprint density at radius 3 is 3.07 bits per heavy atom. The van der Waals surface area contributed by atoms with Gasteiger partial charge in [0.25, 0.3) is 0 Å². The molecule has 5 heteroatoms. The Hall–Kier alpha value is -0.810. The van der Waals surface area contributed by atoms with E-state index in [1.165, 1.54) is 0 Å². The van der Waals surface area contributed by atoms with Crippen molar-refractivity contribution in [3.05, 3.63) is 0 Å². The molecule has 1 unspecified atom stereocenters. The van der Waals surface area contributed by atoms with Crippen LogP contribution in [0, 0.1) is 5.92 Å². The number of methoxy groups -OCH3 is 1. The van der Waals surface area contributed by atoms with Gasteiger partial charge in [0.05, 0.1) is 13.2 Å². The van der Waals surface area contributed by atoms with Gasteiger partial charge in [-0.1, -0.05) is 0 Å². The van der Waals surface area contributed by atoms with Crippen LogP contribution < -0.4 is 0 Å². The quantitative estimate of drug-likeness (QED) is 0.703. The van der Waals surface area contributed by atoms with Gasteiger partial charge >= 0.3 is 6.09 Å². The van der Waals surface area contributed by atoms with Crippen molar-refractivity contribution < 1.29 is 19.4 Å². The van der Waals surface area contributed by atoms with Crippen LogP contribution in [0.1, 0.15) is 6.42 Å². The van der Waals surface area contributed by atoms with E-state index in [-0.39, 0.29) is 19.3 Å². The summed E-state index contributed by atoms with van der Waals surface area (Å²) < 4.78 is 9.81. The van der Waals surface area contributed by atoms with Crippen LogP contribution in [0.2, 0.25) is 0 Å². The molecule has 82 valence electrons. The zero-order chi connectivity index (χ0) is 10.4. The van der Waals surface area contributed by atoms with Crippen molar-refractivity contribution in [2.45, 2.75) is 6.42 Å². The van der Waals surface area contributed by atoms with Crippen LogP contribution in [-0.2, 0) is 9.47 Å². The van der Waals surface area contributed by atoms with Gasteiger partial charge in [-0.25, -0.2) is 4.79 Å². The highest BCUT2D eigenvalue weighted by molar-refractivity contribution is 5.67. The maximum Gasteiger partial charge on any atom is 0.409 e. The summed E-state index contributed by atoms with van der Waals surface area (Å²) in [5, 5.41) is 8.48. The molecule has 0 aromatic rings.